The molecule has 1 unspecified atom stereocenters. The predicted octanol–water partition coefficient (Wildman–Crippen LogP) is 1.92. The highest BCUT2D eigenvalue weighted by Gasteiger charge is 2.18. The molecular formula is C13H16N2. The molecule has 1 atom stereocenters. The molecule has 1 heterocycles. The van der Waals surface area contributed by atoms with Gasteiger partial charge in [-0.15, -0.1) is 6.42 Å². The van der Waals surface area contributed by atoms with Gasteiger partial charge >= 0.3 is 0 Å². The Morgan fingerprint density at radius 2 is 2.27 bits per heavy atom. The van der Waals surface area contributed by atoms with E-state index in [9.17, 15) is 0 Å². The van der Waals surface area contributed by atoms with E-state index < -0.39 is 0 Å². The predicted molar refractivity (Wildman–Crippen MR) is 63.7 cm³/mol. The fraction of sp³-hybridized carbons (Fsp3) is 0.385. The van der Waals surface area contributed by atoms with Crippen LogP contribution >= 0.6 is 0 Å². The molecule has 0 spiro atoms. The van der Waals surface area contributed by atoms with E-state index in [1.165, 1.54) is 11.3 Å². The van der Waals surface area contributed by atoms with Crippen LogP contribution in [0.4, 0.5) is 5.69 Å². The van der Waals surface area contributed by atoms with Gasteiger partial charge in [0.25, 0.3) is 0 Å². The van der Waals surface area contributed by atoms with Gasteiger partial charge in [0.1, 0.15) is 0 Å². The van der Waals surface area contributed by atoms with Crippen LogP contribution in [0.15, 0.2) is 24.3 Å². The first kappa shape index (κ1) is 10.1. The van der Waals surface area contributed by atoms with E-state index in [-0.39, 0.29) is 6.04 Å². The van der Waals surface area contributed by atoms with Crippen molar-refractivity contribution in [2.75, 3.05) is 18.0 Å². The Labute approximate surface area is 91.1 Å². The largest absolute Gasteiger partial charge is 0.360 e. The quantitative estimate of drug-likeness (QED) is 0.702. The van der Waals surface area contributed by atoms with Crippen molar-refractivity contribution in [1.29, 1.82) is 0 Å². The summed E-state index contributed by atoms with van der Waals surface area (Å²) < 4.78 is 0. The summed E-state index contributed by atoms with van der Waals surface area (Å²) in [5.74, 6) is 2.71. The monoisotopic (exact) mass is 200 g/mol. The van der Waals surface area contributed by atoms with Gasteiger partial charge in [0.2, 0.25) is 0 Å². The summed E-state index contributed by atoms with van der Waals surface area (Å²) in [7, 11) is 0. The maximum atomic E-state index is 6.13. The van der Waals surface area contributed by atoms with Gasteiger partial charge in [-0.3, -0.25) is 0 Å². The number of hydrogen-bond donors (Lipinski definition) is 1. The van der Waals surface area contributed by atoms with Gasteiger partial charge in [0.15, 0.2) is 0 Å². The van der Waals surface area contributed by atoms with Crippen LogP contribution in [0, 0.1) is 12.3 Å². The Balaban J connectivity index is 2.39. The molecule has 2 heteroatoms. The van der Waals surface area contributed by atoms with Crippen molar-refractivity contribution in [3.8, 4) is 12.3 Å². The number of benzene rings is 1. The highest BCUT2D eigenvalue weighted by atomic mass is 15.1. The van der Waals surface area contributed by atoms with E-state index >= 15 is 0 Å². The minimum absolute atomic E-state index is 0.156. The molecule has 0 fully saturated rings. The molecule has 1 aliphatic heterocycles. The average molecular weight is 200 g/mol. The third-order valence-electron chi connectivity index (χ3n) is 2.90. The first-order valence-corrected chi connectivity index (χ1v) is 5.36. The van der Waals surface area contributed by atoms with Gasteiger partial charge in [0.05, 0.1) is 6.54 Å². The van der Waals surface area contributed by atoms with Crippen LogP contribution in [0.2, 0.25) is 0 Å². The number of terminal acetylenes is 1. The minimum atomic E-state index is 0.156. The normalized spacial score (nSPS) is 20.3. The second-order valence-electron chi connectivity index (χ2n) is 3.93. The Hall–Kier alpha value is -1.46. The molecule has 0 saturated heterocycles. The molecular weight excluding hydrogens is 184 g/mol. The van der Waals surface area contributed by atoms with Gasteiger partial charge in [-0.05, 0) is 24.5 Å². The number of anilines is 1. The third kappa shape index (κ3) is 1.98. The lowest BCUT2D eigenvalue weighted by Gasteiger charge is -2.22. The maximum absolute atomic E-state index is 6.13. The summed E-state index contributed by atoms with van der Waals surface area (Å²) in [4.78, 5) is 2.24. The number of nitrogens with two attached hydrogens (primary N) is 1. The van der Waals surface area contributed by atoms with Crippen molar-refractivity contribution in [3.05, 3.63) is 29.8 Å². The first-order chi connectivity index (χ1) is 7.33. The lowest BCUT2D eigenvalue weighted by molar-refractivity contribution is 0.631. The summed E-state index contributed by atoms with van der Waals surface area (Å²) in [6.07, 6.45) is 7.53. The van der Waals surface area contributed by atoms with Gasteiger partial charge in [-0.25, -0.2) is 0 Å². The Bertz CT molecular complexity index is 378. The molecule has 78 valence electrons. The molecule has 0 amide bonds. The number of para-hydroxylation sites is 1. The molecule has 0 radical (unpaired) electrons. The molecule has 0 aliphatic carbocycles. The first-order valence-electron chi connectivity index (χ1n) is 5.36. The van der Waals surface area contributed by atoms with Crippen LogP contribution in [-0.2, 0) is 0 Å². The SMILES string of the molecule is C#CCN1CCCC(N)c2ccccc21. The summed E-state index contributed by atoms with van der Waals surface area (Å²) in [5, 5.41) is 0. The van der Waals surface area contributed by atoms with Crippen molar-refractivity contribution < 1.29 is 0 Å². The van der Waals surface area contributed by atoms with Gasteiger partial charge in [-0.2, -0.15) is 0 Å². The zero-order chi connectivity index (χ0) is 10.7. The topological polar surface area (TPSA) is 29.3 Å². The highest BCUT2D eigenvalue weighted by Crippen LogP contribution is 2.30. The van der Waals surface area contributed by atoms with Crippen molar-refractivity contribution in [1.82, 2.24) is 0 Å². The smallest absolute Gasteiger partial charge is 0.0791 e. The fourth-order valence-corrected chi connectivity index (χ4v) is 2.14. The lowest BCUT2D eigenvalue weighted by atomic mass is 10.0. The zero-order valence-electron chi connectivity index (χ0n) is 8.82. The molecule has 0 aromatic heterocycles. The van der Waals surface area contributed by atoms with Crippen molar-refractivity contribution in [2.24, 2.45) is 5.73 Å². The summed E-state index contributed by atoms with van der Waals surface area (Å²) >= 11 is 0. The molecule has 2 nitrogen and oxygen atoms in total. The van der Waals surface area contributed by atoms with Crippen LogP contribution in [0.5, 0.6) is 0 Å². The van der Waals surface area contributed by atoms with Crippen molar-refractivity contribution in [2.45, 2.75) is 18.9 Å². The highest BCUT2D eigenvalue weighted by molar-refractivity contribution is 5.56. The Morgan fingerprint density at radius 3 is 3.07 bits per heavy atom. The third-order valence-corrected chi connectivity index (χ3v) is 2.90. The van der Waals surface area contributed by atoms with E-state index in [1.54, 1.807) is 0 Å². The van der Waals surface area contributed by atoms with Gasteiger partial charge in [-0.1, -0.05) is 24.1 Å². The summed E-state index contributed by atoms with van der Waals surface area (Å²) in [6, 6.07) is 8.45. The average Bonchev–Trinajstić information content (AvgIpc) is 2.41. The summed E-state index contributed by atoms with van der Waals surface area (Å²) in [6.45, 7) is 1.68. The number of nitrogens with zero attached hydrogens (tertiary/aromatic N) is 1. The number of hydrogen-bond acceptors (Lipinski definition) is 2. The van der Waals surface area contributed by atoms with Crippen molar-refractivity contribution >= 4 is 5.69 Å². The van der Waals surface area contributed by atoms with E-state index in [4.69, 9.17) is 12.2 Å². The maximum Gasteiger partial charge on any atom is 0.0791 e. The standard InChI is InChI=1S/C13H16N2/c1-2-9-15-10-5-7-12(14)11-6-3-4-8-13(11)15/h1,3-4,6,8,12H,5,7,9-10,14H2. The van der Waals surface area contributed by atoms with Crippen LogP contribution in [0.1, 0.15) is 24.4 Å². The summed E-state index contributed by atoms with van der Waals surface area (Å²) in [5.41, 5.74) is 8.56. The second-order valence-corrected chi connectivity index (χ2v) is 3.93. The number of fused-ring (bicyclic) bond motifs is 1. The lowest BCUT2D eigenvalue weighted by Crippen LogP contribution is -2.24. The van der Waals surface area contributed by atoms with Gasteiger partial charge in [0, 0.05) is 18.3 Å². The number of rotatable bonds is 1. The van der Waals surface area contributed by atoms with Crippen LogP contribution in [-0.4, -0.2) is 13.1 Å². The molecule has 15 heavy (non-hydrogen) atoms. The Morgan fingerprint density at radius 1 is 1.47 bits per heavy atom. The van der Waals surface area contributed by atoms with E-state index in [0.717, 1.165) is 19.4 Å². The molecule has 0 saturated carbocycles. The van der Waals surface area contributed by atoms with E-state index in [0.29, 0.717) is 6.54 Å². The molecule has 2 rings (SSSR count). The Kier molecular flexibility index (Phi) is 2.94. The molecule has 1 aliphatic rings. The van der Waals surface area contributed by atoms with E-state index in [2.05, 4.69) is 23.0 Å². The molecule has 1 aromatic rings. The van der Waals surface area contributed by atoms with Crippen LogP contribution in [0.3, 0.4) is 0 Å². The van der Waals surface area contributed by atoms with Crippen LogP contribution < -0.4 is 10.6 Å². The van der Waals surface area contributed by atoms with Gasteiger partial charge < -0.3 is 10.6 Å². The van der Waals surface area contributed by atoms with Crippen LogP contribution in [0.25, 0.3) is 0 Å². The second kappa shape index (κ2) is 4.37. The molecule has 0 bridgehead atoms. The van der Waals surface area contributed by atoms with Crippen molar-refractivity contribution in [3.63, 3.8) is 0 Å². The zero-order valence-corrected chi connectivity index (χ0v) is 8.82. The molecule has 1 aromatic carbocycles. The fourth-order valence-electron chi connectivity index (χ4n) is 2.14. The molecule has 2 N–H and O–H groups in total. The minimum Gasteiger partial charge on any atom is -0.360 e. The van der Waals surface area contributed by atoms with E-state index in [1.807, 2.05) is 12.1 Å².